The predicted molar refractivity (Wildman–Crippen MR) is 142 cm³/mol. The Balaban J connectivity index is 1.77. The van der Waals surface area contributed by atoms with Crippen molar-refractivity contribution in [3.8, 4) is 23.0 Å². The number of aromatic nitrogens is 1. The molecule has 186 valence electrons. The van der Waals surface area contributed by atoms with Crippen LogP contribution in [0.3, 0.4) is 0 Å². The summed E-state index contributed by atoms with van der Waals surface area (Å²) in [4.78, 5) is 18.5. The summed E-state index contributed by atoms with van der Waals surface area (Å²) in [5.74, 6) is 1.51. The highest BCUT2D eigenvalue weighted by Gasteiger charge is 2.24. The number of aryl methyl sites for hydroxylation is 1. The number of thiazole rings is 1. The summed E-state index contributed by atoms with van der Waals surface area (Å²) in [5.41, 5.74) is 3.01. The first-order chi connectivity index (χ1) is 17.5. The van der Waals surface area contributed by atoms with Gasteiger partial charge in [0.2, 0.25) is 10.9 Å². The molecule has 8 nitrogen and oxygen atoms in total. The highest BCUT2D eigenvalue weighted by molar-refractivity contribution is 7.22. The van der Waals surface area contributed by atoms with Gasteiger partial charge in [0, 0.05) is 5.56 Å². The molecule has 0 atom stereocenters. The second kappa shape index (κ2) is 11.1. The van der Waals surface area contributed by atoms with E-state index in [9.17, 15) is 4.79 Å². The lowest BCUT2D eigenvalue weighted by Crippen LogP contribution is -2.25. The Morgan fingerprint density at radius 2 is 1.69 bits per heavy atom. The van der Waals surface area contributed by atoms with Gasteiger partial charge < -0.3 is 18.9 Å². The number of rotatable bonds is 9. The molecule has 1 amide bonds. The molecule has 0 unspecified atom stereocenters. The molecule has 0 bridgehead atoms. The number of hydrogen-bond acceptors (Lipinski definition) is 8. The maximum Gasteiger partial charge on any atom is 0.281 e. The Labute approximate surface area is 213 Å². The van der Waals surface area contributed by atoms with Crippen molar-refractivity contribution in [3.63, 3.8) is 0 Å². The van der Waals surface area contributed by atoms with Gasteiger partial charge in [0.05, 0.1) is 44.4 Å². The maximum atomic E-state index is 13.8. The van der Waals surface area contributed by atoms with Gasteiger partial charge in [-0.05, 0) is 73.5 Å². The van der Waals surface area contributed by atoms with E-state index in [0.717, 1.165) is 27.1 Å². The van der Waals surface area contributed by atoms with Gasteiger partial charge in [0.1, 0.15) is 5.75 Å². The molecule has 36 heavy (non-hydrogen) atoms. The summed E-state index contributed by atoms with van der Waals surface area (Å²) in [7, 11) is 4.52. The van der Waals surface area contributed by atoms with Gasteiger partial charge in [-0.25, -0.2) is 4.98 Å². The number of hydrazone groups is 1. The minimum Gasteiger partial charge on any atom is -0.494 e. The van der Waals surface area contributed by atoms with E-state index in [0.29, 0.717) is 34.6 Å². The van der Waals surface area contributed by atoms with Crippen LogP contribution >= 0.6 is 11.3 Å². The second-order valence-electron chi connectivity index (χ2n) is 7.75. The van der Waals surface area contributed by atoms with Crippen molar-refractivity contribution in [2.75, 3.05) is 32.9 Å². The summed E-state index contributed by atoms with van der Waals surface area (Å²) in [6, 6.07) is 16.6. The lowest BCUT2D eigenvalue weighted by atomic mass is 10.1. The molecule has 4 aromatic rings. The van der Waals surface area contributed by atoms with Crippen LogP contribution in [-0.2, 0) is 0 Å². The molecule has 0 spiro atoms. The molecule has 0 aliphatic carbocycles. The summed E-state index contributed by atoms with van der Waals surface area (Å²) in [6.07, 6.45) is 1.61. The molecule has 4 rings (SSSR count). The maximum absolute atomic E-state index is 13.8. The van der Waals surface area contributed by atoms with Gasteiger partial charge in [-0.2, -0.15) is 10.1 Å². The van der Waals surface area contributed by atoms with Crippen LogP contribution in [0.1, 0.15) is 28.4 Å². The molecule has 1 aromatic heterocycles. The summed E-state index contributed by atoms with van der Waals surface area (Å²) in [6.45, 7) is 4.53. The molecule has 0 radical (unpaired) electrons. The molecular formula is C27H27N3O5S. The van der Waals surface area contributed by atoms with Gasteiger partial charge in [-0.3, -0.25) is 4.79 Å². The zero-order chi connectivity index (χ0) is 25.7. The molecule has 3 aromatic carbocycles. The number of benzene rings is 3. The van der Waals surface area contributed by atoms with Crippen LogP contribution < -0.4 is 24.0 Å². The summed E-state index contributed by atoms with van der Waals surface area (Å²) >= 11 is 1.39. The Hall–Kier alpha value is -4.11. The lowest BCUT2D eigenvalue weighted by Gasteiger charge is -2.17. The zero-order valence-electron chi connectivity index (χ0n) is 20.8. The van der Waals surface area contributed by atoms with Gasteiger partial charge in [0.25, 0.3) is 5.91 Å². The fourth-order valence-electron chi connectivity index (χ4n) is 3.57. The highest BCUT2D eigenvalue weighted by Crippen LogP contribution is 2.39. The van der Waals surface area contributed by atoms with Crippen LogP contribution in [0.25, 0.3) is 10.2 Å². The van der Waals surface area contributed by atoms with Crippen LogP contribution in [0.2, 0.25) is 0 Å². The number of fused-ring (bicyclic) bond motifs is 1. The number of hydrogen-bond donors (Lipinski definition) is 0. The molecule has 0 aliphatic heterocycles. The fraction of sp³-hybridized carbons (Fsp3) is 0.222. The Morgan fingerprint density at radius 1 is 1.00 bits per heavy atom. The van der Waals surface area contributed by atoms with Gasteiger partial charge in [0.15, 0.2) is 11.5 Å². The van der Waals surface area contributed by atoms with Crippen molar-refractivity contribution in [1.82, 2.24) is 4.98 Å². The third kappa shape index (κ3) is 5.26. The topological polar surface area (TPSA) is 82.5 Å². The van der Waals surface area contributed by atoms with Gasteiger partial charge in [-0.1, -0.05) is 17.4 Å². The molecule has 9 heteroatoms. The van der Waals surface area contributed by atoms with E-state index in [1.165, 1.54) is 37.7 Å². The normalized spacial score (nSPS) is 11.0. The van der Waals surface area contributed by atoms with Crippen molar-refractivity contribution in [2.45, 2.75) is 13.8 Å². The van der Waals surface area contributed by atoms with Crippen LogP contribution in [-0.4, -0.2) is 45.0 Å². The van der Waals surface area contributed by atoms with Crippen molar-refractivity contribution < 1.29 is 23.7 Å². The van der Waals surface area contributed by atoms with Crippen molar-refractivity contribution in [1.29, 1.82) is 0 Å². The number of carbonyl (C=O) groups is 1. The number of ether oxygens (including phenoxy) is 4. The third-order valence-corrected chi connectivity index (χ3v) is 6.32. The van der Waals surface area contributed by atoms with Gasteiger partial charge in [-0.15, -0.1) is 0 Å². The Bertz CT molecular complexity index is 1370. The van der Waals surface area contributed by atoms with E-state index in [1.54, 1.807) is 18.3 Å². The monoisotopic (exact) mass is 505 g/mol. The molecule has 0 aliphatic rings. The smallest absolute Gasteiger partial charge is 0.281 e. The SMILES string of the molecule is CCOc1ccc(/C=N/N(C(=O)c2cc(OC)c(OC)c(OC)c2)c2nc3ccc(C)cc3s2)cc1. The van der Waals surface area contributed by atoms with Crippen LogP contribution in [0.4, 0.5) is 5.13 Å². The number of anilines is 1. The van der Waals surface area contributed by atoms with Crippen LogP contribution in [0.5, 0.6) is 23.0 Å². The first-order valence-corrected chi connectivity index (χ1v) is 12.1. The molecule has 0 fully saturated rings. The molecule has 0 saturated carbocycles. The van der Waals surface area contributed by atoms with E-state index >= 15 is 0 Å². The van der Waals surface area contributed by atoms with Crippen molar-refractivity contribution in [2.24, 2.45) is 5.10 Å². The van der Waals surface area contributed by atoms with E-state index in [2.05, 4.69) is 10.1 Å². The Kier molecular flexibility index (Phi) is 7.70. The van der Waals surface area contributed by atoms with Crippen LogP contribution in [0.15, 0.2) is 59.7 Å². The first kappa shape index (κ1) is 25.0. The largest absolute Gasteiger partial charge is 0.494 e. The minimum atomic E-state index is -0.396. The molecular weight excluding hydrogens is 478 g/mol. The summed E-state index contributed by atoms with van der Waals surface area (Å²) in [5, 5.41) is 6.27. The minimum absolute atomic E-state index is 0.309. The Morgan fingerprint density at radius 3 is 2.31 bits per heavy atom. The number of carbonyl (C=O) groups excluding carboxylic acids is 1. The number of methoxy groups -OCH3 is 3. The fourth-order valence-corrected chi connectivity index (χ4v) is 4.59. The standard InChI is InChI=1S/C27H27N3O5S/c1-6-35-20-10-8-18(9-11-20)16-28-30(27-29-21-12-7-17(2)13-24(21)36-27)26(31)19-14-22(32-3)25(34-5)23(15-19)33-4/h7-16H,6H2,1-5H3/b28-16+. The second-order valence-corrected chi connectivity index (χ2v) is 8.75. The van der Waals surface area contributed by atoms with E-state index < -0.39 is 5.91 Å². The van der Waals surface area contributed by atoms with Crippen molar-refractivity contribution >= 4 is 38.8 Å². The van der Waals surface area contributed by atoms with Crippen molar-refractivity contribution in [3.05, 3.63) is 71.3 Å². The van der Waals surface area contributed by atoms with Gasteiger partial charge >= 0.3 is 0 Å². The van der Waals surface area contributed by atoms with Crippen LogP contribution in [0, 0.1) is 6.92 Å². The molecule has 0 saturated heterocycles. The lowest BCUT2D eigenvalue weighted by molar-refractivity contribution is 0.0987. The van der Waals surface area contributed by atoms with E-state index in [-0.39, 0.29) is 0 Å². The number of amides is 1. The number of nitrogens with zero attached hydrogens (tertiary/aromatic N) is 3. The quantitative estimate of drug-likeness (QED) is 0.214. The summed E-state index contributed by atoms with van der Waals surface area (Å²) < 4.78 is 22.7. The first-order valence-electron chi connectivity index (χ1n) is 11.3. The third-order valence-electron chi connectivity index (χ3n) is 5.33. The molecule has 1 heterocycles. The average Bonchev–Trinajstić information content (AvgIpc) is 3.31. The zero-order valence-corrected chi connectivity index (χ0v) is 21.6. The van der Waals surface area contributed by atoms with E-state index in [1.807, 2.05) is 56.3 Å². The van der Waals surface area contributed by atoms with E-state index in [4.69, 9.17) is 18.9 Å². The average molecular weight is 506 g/mol. The highest BCUT2D eigenvalue weighted by atomic mass is 32.1. The predicted octanol–water partition coefficient (Wildman–Crippen LogP) is 5.71. The molecule has 0 N–H and O–H groups in total.